The quantitative estimate of drug-likeness (QED) is 0.636. The normalized spacial score (nSPS) is 24.6. The molecular formula is C11H21NO. The molecule has 0 radical (unpaired) electrons. The Morgan fingerprint density at radius 1 is 1.54 bits per heavy atom. The molecule has 2 heteroatoms. The van der Waals surface area contributed by atoms with Crippen LogP contribution < -0.4 is 5.32 Å². The van der Waals surface area contributed by atoms with E-state index in [0.717, 1.165) is 18.9 Å². The summed E-state index contributed by atoms with van der Waals surface area (Å²) >= 11 is 0. The van der Waals surface area contributed by atoms with Crippen molar-refractivity contribution in [3.8, 4) is 0 Å². The summed E-state index contributed by atoms with van der Waals surface area (Å²) in [5.74, 6) is 0.783. The fourth-order valence-electron chi connectivity index (χ4n) is 1.71. The van der Waals surface area contributed by atoms with Gasteiger partial charge in [0.25, 0.3) is 0 Å². The maximum Gasteiger partial charge on any atom is 0.0584 e. The lowest BCUT2D eigenvalue weighted by molar-refractivity contribution is 0.232. The first-order chi connectivity index (χ1) is 6.36. The Morgan fingerprint density at radius 3 is 2.92 bits per heavy atom. The second-order valence-corrected chi connectivity index (χ2v) is 3.85. The minimum atomic E-state index is 0.263. The molecule has 0 saturated heterocycles. The summed E-state index contributed by atoms with van der Waals surface area (Å²) in [4.78, 5) is 0. The molecule has 0 aromatic rings. The average Bonchev–Trinajstić information content (AvgIpc) is 2.21. The molecule has 0 bridgehead atoms. The molecule has 0 aromatic heterocycles. The van der Waals surface area contributed by atoms with E-state index < -0.39 is 0 Å². The topological polar surface area (TPSA) is 32.3 Å². The number of allylic oxidation sites excluding steroid dienone is 2. The van der Waals surface area contributed by atoms with E-state index in [1.807, 2.05) is 0 Å². The smallest absolute Gasteiger partial charge is 0.0584 e. The minimum absolute atomic E-state index is 0.263. The highest BCUT2D eigenvalue weighted by molar-refractivity contribution is 4.90. The van der Waals surface area contributed by atoms with Gasteiger partial charge in [-0.15, -0.1) is 0 Å². The van der Waals surface area contributed by atoms with Crippen LogP contribution in [0.25, 0.3) is 0 Å². The SMILES string of the molecule is CC[C@@H](CO)NC[C@@H]1CC=CCC1. The van der Waals surface area contributed by atoms with Crippen molar-refractivity contribution in [3.05, 3.63) is 12.2 Å². The van der Waals surface area contributed by atoms with Gasteiger partial charge in [-0.1, -0.05) is 19.1 Å². The fraction of sp³-hybridized carbons (Fsp3) is 0.818. The molecule has 0 amide bonds. The first kappa shape index (κ1) is 10.7. The van der Waals surface area contributed by atoms with Crippen LogP contribution in [-0.4, -0.2) is 24.3 Å². The average molecular weight is 183 g/mol. The molecule has 0 aliphatic heterocycles. The largest absolute Gasteiger partial charge is 0.395 e. The van der Waals surface area contributed by atoms with Crippen LogP contribution >= 0.6 is 0 Å². The number of rotatable bonds is 5. The lowest BCUT2D eigenvalue weighted by atomic mass is 9.94. The van der Waals surface area contributed by atoms with Crippen molar-refractivity contribution in [2.24, 2.45) is 5.92 Å². The predicted molar refractivity (Wildman–Crippen MR) is 55.6 cm³/mol. The molecule has 1 aliphatic rings. The summed E-state index contributed by atoms with van der Waals surface area (Å²) in [5.41, 5.74) is 0. The van der Waals surface area contributed by atoms with E-state index in [9.17, 15) is 0 Å². The van der Waals surface area contributed by atoms with Gasteiger partial charge in [0.1, 0.15) is 0 Å². The number of aliphatic hydroxyl groups is 1. The van der Waals surface area contributed by atoms with Crippen molar-refractivity contribution >= 4 is 0 Å². The summed E-state index contributed by atoms with van der Waals surface area (Å²) in [6.45, 7) is 3.43. The molecule has 2 atom stereocenters. The lowest BCUT2D eigenvalue weighted by Crippen LogP contribution is -2.35. The Morgan fingerprint density at radius 2 is 2.38 bits per heavy atom. The van der Waals surface area contributed by atoms with Crippen LogP contribution in [-0.2, 0) is 0 Å². The fourth-order valence-corrected chi connectivity index (χ4v) is 1.71. The van der Waals surface area contributed by atoms with E-state index >= 15 is 0 Å². The van der Waals surface area contributed by atoms with Gasteiger partial charge < -0.3 is 10.4 Å². The van der Waals surface area contributed by atoms with Gasteiger partial charge >= 0.3 is 0 Å². The lowest BCUT2D eigenvalue weighted by Gasteiger charge is -2.21. The Bertz CT molecular complexity index is 152. The second kappa shape index (κ2) is 6.17. The third-order valence-electron chi connectivity index (χ3n) is 2.79. The maximum atomic E-state index is 8.98. The van der Waals surface area contributed by atoms with Crippen molar-refractivity contribution in [3.63, 3.8) is 0 Å². The summed E-state index contributed by atoms with van der Waals surface area (Å²) in [5, 5.41) is 12.4. The molecule has 13 heavy (non-hydrogen) atoms. The summed E-state index contributed by atoms with van der Waals surface area (Å²) in [7, 11) is 0. The predicted octanol–water partition coefficient (Wildman–Crippen LogP) is 1.70. The van der Waals surface area contributed by atoms with E-state index in [4.69, 9.17) is 5.11 Å². The van der Waals surface area contributed by atoms with Gasteiger partial charge in [-0.25, -0.2) is 0 Å². The molecular weight excluding hydrogens is 162 g/mol. The van der Waals surface area contributed by atoms with Crippen LogP contribution in [0.5, 0.6) is 0 Å². The van der Waals surface area contributed by atoms with E-state index in [2.05, 4.69) is 24.4 Å². The van der Waals surface area contributed by atoms with E-state index in [0.29, 0.717) is 6.04 Å². The molecule has 2 N–H and O–H groups in total. The second-order valence-electron chi connectivity index (χ2n) is 3.85. The molecule has 0 spiro atoms. The first-order valence-electron chi connectivity index (χ1n) is 5.36. The highest BCUT2D eigenvalue weighted by Crippen LogP contribution is 2.17. The number of aliphatic hydroxyl groups excluding tert-OH is 1. The first-order valence-corrected chi connectivity index (χ1v) is 5.36. The van der Waals surface area contributed by atoms with Gasteiger partial charge in [0.05, 0.1) is 6.61 Å². The van der Waals surface area contributed by atoms with Crippen molar-refractivity contribution in [1.82, 2.24) is 5.32 Å². The van der Waals surface area contributed by atoms with Crippen molar-refractivity contribution in [1.29, 1.82) is 0 Å². The van der Waals surface area contributed by atoms with Crippen LogP contribution in [0.1, 0.15) is 32.6 Å². The Labute approximate surface area is 81.0 Å². The number of hydrogen-bond acceptors (Lipinski definition) is 2. The van der Waals surface area contributed by atoms with E-state index in [1.165, 1.54) is 19.3 Å². The van der Waals surface area contributed by atoms with Crippen molar-refractivity contribution in [2.75, 3.05) is 13.2 Å². The van der Waals surface area contributed by atoms with Gasteiger partial charge in [-0.05, 0) is 38.1 Å². The van der Waals surface area contributed by atoms with Crippen LogP contribution in [0, 0.1) is 5.92 Å². The van der Waals surface area contributed by atoms with Crippen molar-refractivity contribution < 1.29 is 5.11 Å². The van der Waals surface area contributed by atoms with E-state index in [1.54, 1.807) is 0 Å². The summed E-state index contributed by atoms with van der Waals surface area (Å²) in [6, 6.07) is 0.297. The van der Waals surface area contributed by atoms with Crippen LogP contribution in [0.3, 0.4) is 0 Å². The van der Waals surface area contributed by atoms with Crippen molar-refractivity contribution in [2.45, 2.75) is 38.6 Å². The van der Waals surface area contributed by atoms with Gasteiger partial charge in [-0.2, -0.15) is 0 Å². The minimum Gasteiger partial charge on any atom is -0.395 e. The van der Waals surface area contributed by atoms with Crippen LogP contribution in [0.2, 0.25) is 0 Å². The summed E-state index contributed by atoms with van der Waals surface area (Å²) in [6.07, 6.45) is 9.27. The molecule has 0 unspecified atom stereocenters. The number of hydrogen-bond donors (Lipinski definition) is 2. The molecule has 0 fully saturated rings. The third-order valence-corrected chi connectivity index (χ3v) is 2.79. The third kappa shape index (κ3) is 3.92. The van der Waals surface area contributed by atoms with Crippen LogP contribution in [0.4, 0.5) is 0 Å². The monoisotopic (exact) mass is 183 g/mol. The van der Waals surface area contributed by atoms with Gasteiger partial charge in [0.15, 0.2) is 0 Å². The maximum absolute atomic E-state index is 8.98. The molecule has 2 nitrogen and oxygen atoms in total. The Hall–Kier alpha value is -0.340. The van der Waals surface area contributed by atoms with E-state index in [-0.39, 0.29) is 6.61 Å². The highest BCUT2D eigenvalue weighted by atomic mass is 16.3. The Kier molecular flexibility index (Phi) is 5.09. The highest BCUT2D eigenvalue weighted by Gasteiger charge is 2.11. The zero-order chi connectivity index (χ0) is 9.52. The zero-order valence-corrected chi connectivity index (χ0v) is 8.50. The van der Waals surface area contributed by atoms with Gasteiger partial charge in [-0.3, -0.25) is 0 Å². The summed E-state index contributed by atoms with van der Waals surface area (Å²) < 4.78 is 0. The molecule has 0 aromatic carbocycles. The van der Waals surface area contributed by atoms with Crippen LogP contribution in [0.15, 0.2) is 12.2 Å². The zero-order valence-electron chi connectivity index (χ0n) is 8.50. The molecule has 0 heterocycles. The number of nitrogens with one attached hydrogen (secondary N) is 1. The Balaban J connectivity index is 2.13. The van der Waals surface area contributed by atoms with Gasteiger partial charge in [0, 0.05) is 6.04 Å². The molecule has 76 valence electrons. The molecule has 0 saturated carbocycles. The van der Waals surface area contributed by atoms with Gasteiger partial charge in [0.2, 0.25) is 0 Å². The standard InChI is InChI=1S/C11H21NO/c1-2-11(9-13)12-8-10-6-4-3-5-7-10/h3-4,10-13H,2,5-9H2,1H3/t10-,11+/m1/s1. The molecule has 1 aliphatic carbocycles. The molecule has 1 rings (SSSR count).